The molecule has 0 saturated heterocycles. The predicted octanol–water partition coefficient (Wildman–Crippen LogP) is 9.31. The molecule has 68 heavy (non-hydrogen) atoms. The van der Waals surface area contributed by atoms with E-state index in [1.54, 1.807) is 36.4 Å². The highest BCUT2D eigenvalue weighted by Crippen LogP contribution is 2.62. The predicted molar refractivity (Wildman–Crippen MR) is 249 cm³/mol. The molecule has 0 bridgehead atoms. The number of nitrogens with zero attached hydrogens (tertiary/aromatic N) is 3. The number of rotatable bonds is 22. The molecule has 2 fully saturated rings. The molecule has 2 heterocycles. The van der Waals surface area contributed by atoms with Crippen LogP contribution in [0.4, 0.5) is 10.1 Å². The Kier molecular flexibility index (Phi) is 14.4. The molecular weight excluding hydrogens is 874 g/mol. The highest BCUT2D eigenvalue weighted by Gasteiger charge is 2.66. The number of carbonyl (C=O) groups is 1. The van der Waals surface area contributed by atoms with E-state index < -0.39 is 22.7 Å². The third kappa shape index (κ3) is 9.83. The topological polar surface area (TPSA) is 172 Å². The van der Waals surface area contributed by atoms with Gasteiger partial charge in [0.05, 0.1) is 23.2 Å². The van der Waals surface area contributed by atoms with E-state index in [1.807, 2.05) is 41.3 Å². The van der Waals surface area contributed by atoms with Gasteiger partial charge in [0, 0.05) is 61.3 Å². The van der Waals surface area contributed by atoms with Gasteiger partial charge >= 0.3 is 0 Å². The van der Waals surface area contributed by atoms with Gasteiger partial charge in [0.25, 0.3) is 5.69 Å². The van der Waals surface area contributed by atoms with Crippen molar-refractivity contribution >= 4 is 17.3 Å². The molecule has 15 heteroatoms. The lowest BCUT2D eigenvalue weighted by Crippen LogP contribution is -2.70. The van der Waals surface area contributed by atoms with Gasteiger partial charge in [0.2, 0.25) is 18.5 Å². The van der Waals surface area contributed by atoms with Crippen LogP contribution in [-0.4, -0.2) is 70.1 Å². The number of benzene rings is 4. The van der Waals surface area contributed by atoms with Crippen LogP contribution in [0.2, 0.25) is 0 Å². The average Bonchev–Trinajstić information content (AvgIpc) is 4.10. The van der Waals surface area contributed by atoms with Gasteiger partial charge in [0.15, 0.2) is 11.5 Å². The van der Waals surface area contributed by atoms with E-state index in [-0.39, 0.29) is 93.9 Å². The fourth-order valence-electron chi connectivity index (χ4n) is 10.6. The molecule has 0 aromatic heterocycles. The fraction of sp³-hybridized carbons (Fsp3) is 0.434. The van der Waals surface area contributed by atoms with Crippen LogP contribution >= 0.6 is 0 Å². The van der Waals surface area contributed by atoms with Crippen molar-refractivity contribution in [1.29, 1.82) is 0 Å². The van der Waals surface area contributed by atoms with Crippen molar-refractivity contribution in [2.45, 2.75) is 95.3 Å². The normalized spacial score (nSPS) is 23.7. The zero-order valence-corrected chi connectivity index (χ0v) is 38.0. The maximum Gasteiger partial charge on any atom is 0.269 e. The summed E-state index contributed by atoms with van der Waals surface area (Å²) in [7, 11) is 0. The van der Waals surface area contributed by atoms with Crippen molar-refractivity contribution in [1.82, 2.24) is 4.90 Å². The smallest absolute Gasteiger partial charge is 0.269 e. The molecule has 2 aliphatic heterocycles. The van der Waals surface area contributed by atoms with Crippen LogP contribution in [-0.2, 0) is 34.1 Å². The molecule has 14 nitrogen and oxygen atoms in total. The summed E-state index contributed by atoms with van der Waals surface area (Å²) in [5.74, 6) is -0.703. The van der Waals surface area contributed by atoms with Crippen LogP contribution < -0.4 is 18.9 Å². The van der Waals surface area contributed by atoms with Gasteiger partial charge in [-0.05, 0) is 116 Å². The van der Waals surface area contributed by atoms with E-state index in [9.17, 15) is 24.7 Å². The number of ether oxygens (including phenoxy) is 5. The number of aliphatic hydroxyl groups is 2. The van der Waals surface area contributed by atoms with Crippen LogP contribution in [0.3, 0.4) is 0 Å². The van der Waals surface area contributed by atoms with Gasteiger partial charge < -0.3 is 43.6 Å². The number of allylic oxidation sites excluding steroid dienone is 1. The number of unbranched alkanes of at least 4 members (excludes halogenated alkanes) is 2. The Labute approximate surface area is 395 Å². The third-order valence-electron chi connectivity index (χ3n) is 13.9. The van der Waals surface area contributed by atoms with Crippen LogP contribution in [0, 0.1) is 39.6 Å². The first kappa shape index (κ1) is 46.8. The fourth-order valence-corrected chi connectivity index (χ4v) is 10.6. The van der Waals surface area contributed by atoms with E-state index in [0.717, 1.165) is 55.2 Å². The van der Waals surface area contributed by atoms with Crippen LogP contribution in [0.25, 0.3) is 0 Å². The molecular formula is C53H58FN3O11. The number of hydrogen-bond donors (Lipinski definition) is 2. The van der Waals surface area contributed by atoms with E-state index in [0.29, 0.717) is 52.7 Å². The lowest BCUT2D eigenvalue weighted by Gasteiger charge is -2.60. The monoisotopic (exact) mass is 931 g/mol. The number of fused-ring (bicyclic) bond motifs is 3. The largest absolute Gasteiger partial charge is 0.489 e. The summed E-state index contributed by atoms with van der Waals surface area (Å²) in [5.41, 5.74) is 4.23. The zero-order chi connectivity index (χ0) is 47.2. The third-order valence-corrected chi connectivity index (χ3v) is 13.9. The van der Waals surface area contributed by atoms with Gasteiger partial charge in [-0.25, -0.2) is 4.39 Å². The van der Waals surface area contributed by atoms with Gasteiger partial charge in [-0.15, -0.1) is 6.58 Å². The second-order valence-electron chi connectivity index (χ2n) is 18.3. The van der Waals surface area contributed by atoms with Crippen molar-refractivity contribution in [2.75, 3.05) is 26.6 Å². The molecule has 3 aliphatic carbocycles. The minimum atomic E-state index is -1.49. The van der Waals surface area contributed by atoms with E-state index >= 15 is 4.79 Å². The molecule has 358 valence electrons. The molecule has 2 saturated carbocycles. The Balaban J connectivity index is 1.21. The second kappa shape index (κ2) is 20.9. The number of nitro groups is 1. The van der Waals surface area contributed by atoms with E-state index in [2.05, 4.69) is 12.7 Å². The first-order valence-electron chi connectivity index (χ1n) is 23.7. The van der Waals surface area contributed by atoms with E-state index in [1.165, 1.54) is 18.2 Å². The van der Waals surface area contributed by atoms with Crippen LogP contribution in [0.1, 0.15) is 86.0 Å². The van der Waals surface area contributed by atoms with Gasteiger partial charge in [0.1, 0.15) is 36.6 Å². The molecule has 2 N–H and O–H groups in total. The Bertz CT molecular complexity index is 2530. The highest BCUT2D eigenvalue weighted by atomic mass is 19.1. The second-order valence-corrected chi connectivity index (χ2v) is 18.3. The number of amides is 1. The maximum atomic E-state index is 15.0. The Morgan fingerprint density at radius 2 is 1.68 bits per heavy atom. The molecule has 5 aliphatic rings. The van der Waals surface area contributed by atoms with E-state index in [4.69, 9.17) is 33.7 Å². The summed E-state index contributed by atoms with van der Waals surface area (Å²) >= 11 is 0. The number of non-ortho nitro benzene ring substituents is 1. The summed E-state index contributed by atoms with van der Waals surface area (Å²) in [5, 5.41) is 36.4. The SMILES string of the molecule is C=CCO[C@@]12Oc3ccc(OCc4ccccc4F)cc3[C@H]3[C@H](CCCCO)[C@@H](CCCCO)C=C(C(=NOCc4ccc([N+](=O)[O-])cc4)C[C@@H]1N(Cc1ccc4c(c1)OCO4)C(=O)C1CC1)[C@H]32. The number of nitro benzene ring substituents is 1. The van der Waals surface area contributed by atoms with Crippen molar-refractivity contribution in [2.24, 2.45) is 28.8 Å². The molecule has 0 unspecified atom stereocenters. The maximum absolute atomic E-state index is 15.0. The number of carbonyl (C=O) groups excluding carboxylic acids is 1. The van der Waals surface area contributed by atoms with Gasteiger partial charge in [-0.3, -0.25) is 14.9 Å². The molecule has 4 aromatic rings. The van der Waals surface area contributed by atoms with Crippen molar-refractivity contribution in [3.63, 3.8) is 0 Å². The van der Waals surface area contributed by atoms with Crippen LogP contribution in [0.15, 0.2) is 114 Å². The van der Waals surface area contributed by atoms with Crippen molar-refractivity contribution in [3.05, 3.63) is 147 Å². The minimum Gasteiger partial charge on any atom is -0.489 e. The average molecular weight is 932 g/mol. The highest BCUT2D eigenvalue weighted by molar-refractivity contribution is 6.03. The van der Waals surface area contributed by atoms with Gasteiger partial charge in [-0.2, -0.15) is 0 Å². The summed E-state index contributed by atoms with van der Waals surface area (Å²) in [6, 6.07) is 23.3. The Hall–Kier alpha value is -6.29. The lowest BCUT2D eigenvalue weighted by atomic mass is 9.55. The number of hydrogen-bond acceptors (Lipinski definition) is 12. The standard InChI is InChI=1S/C53H58FN3O11/c1-2-25-66-53-49(56(52(60)36-16-17-36)30-35-15-21-47-48(26-35)65-33-64-47)29-45(55-67-31-34-13-18-39(19-14-34)57(61)62)42-27-37(9-5-7-23-58)41(11-6-8-24-59)50(51(42)53)43-28-40(20-22-46(43)68-53)63-32-38-10-3-4-12-44(38)54/h2-4,10,12-15,18-22,26-28,36-37,41,49-51,58-59H,1,5-9,11,16-17,23-25,29-33H2/t37-,41+,49-,50+,51+,53+/m0/s1. The molecule has 1 amide bonds. The number of halogens is 1. The molecule has 0 radical (unpaired) electrons. The van der Waals surface area contributed by atoms with Crippen molar-refractivity contribution in [3.8, 4) is 23.0 Å². The minimum absolute atomic E-state index is 0.00470. The molecule has 6 atom stereocenters. The Morgan fingerprint density at radius 3 is 2.43 bits per heavy atom. The quantitative estimate of drug-likeness (QED) is 0.0333. The number of oxime groups is 1. The molecule has 4 aromatic carbocycles. The first-order valence-corrected chi connectivity index (χ1v) is 23.7. The molecule has 0 spiro atoms. The summed E-state index contributed by atoms with van der Waals surface area (Å²) < 4.78 is 47.2. The lowest BCUT2D eigenvalue weighted by molar-refractivity contribution is -0.384. The summed E-state index contributed by atoms with van der Waals surface area (Å²) in [6.07, 6.45) is 9.87. The van der Waals surface area contributed by atoms with Crippen molar-refractivity contribution < 1.29 is 52.8 Å². The first-order chi connectivity index (χ1) is 33.2. The summed E-state index contributed by atoms with van der Waals surface area (Å²) in [4.78, 5) is 34.1. The summed E-state index contributed by atoms with van der Waals surface area (Å²) in [6.45, 7) is 4.58. The van der Waals surface area contributed by atoms with Gasteiger partial charge in [-0.1, -0.05) is 54.4 Å². The molecule has 9 rings (SSSR count). The van der Waals surface area contributed by atoms with Crippen LogP contribution in [0.5, 0.6) is 23.0 Å². The Morgan fingerprint density at radius 1 is 0.926 bits per heavy atom. The zero-order valence-electron chi connectivity index (χ0n) is 38.0. The number of aliphatic hydroxyl groups excluding tert-OH is 2.